The summed E-state index contributed by atoms with van der Waals surface area (Å²) in [5, 5.41) is 14.9. The summed E-state index contributed by atoms with van der Waals surface area (Å²) in [5.41, 5.74) is 0. The van der Waals surface area contributed by atoms with E-state index in [0.717, 1.165) is 19.4 Å². The van der Waals surface area contributed by atoms with Crippen molar-refractivity contribution in [2.75, 3.05) is 26.4 Å². The van der Waals surface area contributed by atoms with Crippen LogP contribution in [0.2, 0.25) is 0 Å². The van der Waals surface area contributed by atoms with E-state index in [1.165, 1.54) is 42.6 Å². The molecule has 0 saturated carbocycles. The van der Waals surface area contributed by atoms with Gasteiger partial charge in [0.1, 0.15) is 0 Å². The average Bonchev–Trinajstić information content (AvgIpc) is 2.78. The first kappa shape index (κ1) is 15.8. The zero-order chi connectivity index (χ0) is 13.1. The van der Waals surface area contributed by atoms with Crippen molar-refractivity contribution in [1.29, 1.82) is 5.26 Å². The van der Waals surface area contributed by atoms with Crippen LogP contribution < -0.4 is 0 Å². The van der Waals surface area contributed by atoms with Gasteiger partial charge in [0.15, 0.2) is 6.73 Å². The summed E-state index contributed by atoms with van der Waals surface area (Å²) in [6.45, 7) is 11.1. The van der Waals surface area contributed by atoms with E-state index in [2.05, 4.69) is 25.8 Å². The molecule has 0 atom stereocenters. The van der Waals surface area contributed by atoms with E-state index in [1.54, 1.807) is 0 Å². The summed E-state index contributed by atoms with van der Waals surface area (Å²) in [4.78, 5) is 2.58. The van der Waals surface area contributed by atoms with Crippen molar-refractivity contribution >= 4 is 6.01 Å². The summed E-state index contributed by atoms with van der Waals surface area (Å²) >= 11 is 0. The molecule has 1 rings (SSSR count). The quantitative estimate of drug-likeness (QED) is 0.428. The first-order valence-corrected chi connectivity index (χ1v) is 6.04. The molecule has 0 aliphatic carbocycles. The molecule has 0 aromatic carbocycles. The molecule has 0 N–H and O–H groups in total. The van der Waals surface area contributed by atoms with Gasteiger partial charge in [-0.25, -0.2) is 0 Å². The molecule has 1 heterocycles. The molecule has 5 heteroatoms. The monoisotopic (exact) mass is 238 g/mol. The van der Waals surface area contributed by atoms with Gasteiger partial charge >= 0.3 is 0 Å². The average molecular weight is 238 g/mol. The molecule has 0 spiro atoms. The largest absolute Gasteiger partial charge is 0.422 e. The van der Waals surface area contributed by atoms with Gasteiger partial charge in [-0.1, -0.05) is 0 Å². The lowest BCUT2D eigenvalue weighted by atomic mass is 10.3. The van der Waals surface area contributed by atoms with Gasteiger partial charge in [0.25, 0.3) is 0 Å². The van der Waals surface area contributed by atoms with E-state index in [1.807, 2.05) is 0 Å². The molecule has 96 valence electrons. The van der Waals surface area contributed by atoms with Crippen molar-refractivity contribution in [3.8, 4) is 6.19 Å². The number of ether oxygens (including phenoxy) is 1. The summed E-state index contributed by atoms with van der Waals surface area (Å²) in [6, 6.07) is 2.00. The highest BCUT2D eigenvalue weighted by atomic mass is 16.5. The third-order valence-electron chi connectivity index (χ3n) is 3.20. The van der Waals surface area contributed by atoms with Gasteiger partial charge in [-0.15, -0.1) is 6.01 Å². The number of nitrogens with zero attached hydrogens (tertiary/aromatic N) is 4. The Balaban J connectivity index is 0.000000437. The maximum atomic E-state index is 7.43. The summed E-state index contributed by atoms with van der Waals surface area (Å²) in [6.07, 6.45) is 4.04. The molecule has 1 fully saturated rings. The summed E-state index contributed by atoms with van der Waals surface area (Å²) < 4.78 is 6.74. The number of rotatable bonds is 4. The standard InChI is InChI=1S/C10H22NO.C2N3/c1-4-12-9-11(10(2)3)7-5-6-8-11;3-1-5-2-4/h10H,4-9H2,1-3H3;/q+1;-1. The van der Waals surface area contributed by atoms with E-state index in [-0.39, 0.29) is 0 Å². The topological polar surface area (TPSA) is 67.7 Å². The Morgan fingerprint density at radius 2 is 2.00 bits per heavy atom. The first-order chi connectivity index (χ1) is 8.13. The predicted octanol–water partition coefficient (Wildman–Crippen LogP) is 2.21. The normalized spacial score (nSPS) is 16.6. The number of hydrogen-bond acceptors (Lipinski definition) is 3. The molecule has 0 aromatic rings. The summed E-state index contributed by atoms with van der Waals surface area (Å²) in [7, 11) is 0. The van der Waals surface area contributed by atoms with Gasteiger partial charge in [-0.2, -0.15) is 5.26 Å². The smallest absolute Gasteiger partial charge is 0.183 e. The molecule has 0 unspecified atom stereocenters. The van der Waals surface area contributed by atoms with Crippen LogP contribution in [-0.2, 0) is 4.74 Å². The van der Waals surface area contributed by atoms with Crippen molar-refractivity contribution in [1.82, 2.24) is 0 Å². The molecule has 1 aliphatic rings. The van der Waals surface area contributed by atoms with Crippen LogP contribution in [0, 0.1) is 11.5 Å². The Labute approximate surface area is 104 Å². The van der Waals surface area contributed by atoms with Gasteiger partial charge in [-0.3, -0.25) is 4.48 Å². The predicted molar refractivity (Wildman–Crippen MR) is 67.3 cm³/mol. The van der Waals surface area contributed by atoms with Crippen molar-refractivity contribution in [3.63, 3.8) is 0 Å². The van der Waals surface area contributed by atoms with Crippen LogP contribution in [0.1, 0.15) is 33.6 Å². The molecule has 17 heavy (non-hydrogen) atoms. The van der Waals surface area contributed by atoms with E-state index >= 15 is 0 Å². The third kappa shape index (κ3) is 5.60. The third-order valence-corrected chi connectivity index (χ3v) is 3.20. The highest BCUT2D eigenvalue weighted by molar-refractivity contribution is 5.46. The van der Waals surface area contributed by atoms with E-state index in [0.29, 0.717) is 0 Å². The van der Waals surface area contributed by atoms with Crippen LogP contribution in [0.15, 0.2) is 4.99 Å². The lowest BCUT2D eigenvalue weighted by molar-refractivity contribution is -0.954. The number of quaternary nitrogens is 1. The highest BCUT2D eigenvalue weighted by Crippen LogP contribution is 2.23. The van der Waals surface area contributed by atoms with Gasteiger partial charge in [-0.05, 0) is 20.8 Å². The van der Waals surface area contributed by atoms with Crippen molar-refractivity contribution in [2.45, 2.75) is 39.7 Å². The molecule has 1 saturated heterocycles. The second kappa shape index (κ2) is 8.89. The lowest BCUT2D eigenvalue weighted by Gasteiger charge is -2.37. The first-order valence-electron chi connectivity index (χ1n) is 6.04. The van der Waals surface area contributed by atoms with Gasteiger partial charge in [0.2, 0.25) is 0 Å². The highest BCUT2D eigenvalue weighted by Gasteiger charge is 2.34. The van der Waals surface area contributed by atoms with E-state index < -0.39 is 0 Å². The van der Waals surface area contributed by atoms with Gasteiger partial charge in [0.05, 0.1) is 25.3 Å². The Kier molecular flexibility index (Phi) is 8.25. The molecule has 0 amide bonds. The minimum Gasteiger partial charge on any atom is -0.422 e. The Morgan fingerprint density at radius 1 is 1.41 bits per heavy atom. The second-order valence-electron chi connectivity index (χ2n) is 4.40. The van der Waals surface area contributed by atoms with Crippen LogP contribution >= 0.6 is 0 Å². The van der Waals surface area contributed by atoms with E-state index in [9.17, 15) is 0 Å². The van der Waals surface area contributed by atoms with Crippen LogP contribution in [-0.4, -0.2) is 43.0 Å². The molecule has 0 radical (unpaired) electrons. The number of hydrogen-bond donors (Lipinski definition) is 0. The molecule has 0 bridgehead atoms. The molecular formula is C12H22N4O. The minimum absolute atomic E-state index is 0.721. The molecule has 1 aliphatic heterocycles. The fourth-order valence-electron chi connectivity index (χ4n) is 2.06. The number of likely N-dealkylation sites (tertiary alicyclic amines) is 1. The van der Waals surface area contributed by atoms with E-state index in [4.69, 9.17) is 15.4 Å². The van der Waals surface area contributed by atoms with Crippen LogP contribution in [0.25, 0.3) is 5.41 Å². The minimum atomic E-state index is 0.721. The Morgan fingerprint density at radius 3 is 2.29 bits per heavy atom. The molecule has 5 nitrogen and oxygen atoms in total. The Hall–Kier alpha value is -1.21. The maximum Gasteiger partial charge on any atom is 0.183 e. The molecule has 0 aromatic heterocycles. The zero-order valence-electron chi connectivity index (χ0n) is 11.0. The van der Waals surface area contributed by atoms with Gasteiger partial charge < -0.3 is 15.1 Å². The van der Waals surface area contributed by atoms with Crippen LogP contribution in [0.4, 0.5) is 0 Å². The number of aliphatic imine (C=N–C) groups is 1. The number of nitriles is 1. The Bertz CT molecular complexity index is 283. The van der Waals surface area contributed by atoms with Crippen LogP contribution in [0.5, 0.6) is 0 Å². The van der Waals surface area contributed by atoms with Gasteiger partial charge in [0, 0.05) is 19.4 Å². The zero-order valence-corrected chi connectivity index (χ0v) is 11.0. The fraction of sp³-hybridized carbons (Fsp3) is 0.833. The van der Waals surface area contributed by atoms with Crippen LogP contribution in [0.3, 0.4) is 0 Å². The fourth-order valence-corrected chi connectivity index (χ4v) is 2.06. The lowest BCUT2D eigenvalue weighted by Crippen LogP contribution is -2.52. The maximum absolute atomic E-state index is 7.43. The SMILES string of the molecule is CCOC[N+]1(C(C)C)CCCC1.N#CN=C=[N-]. The van der Waals surface area contributed by atoms with Crippen molar-refractivity contribution in [2.24, 2.45) is 4.99 Å². The second-order valence-corrected chi connectivity index (χ2v) is 4.40. The molecular weight excluding hydrogens is 216 g/mol. The van der Waals surface area contributed by atoms with Crippen molar-refractivity contribution < 1.29 is 9.22 Å². The van der Waals surface area contributed by atoms with Crippen molar-refractivity contribution in [3.05, 3.63) is 5.41 Å². The summed E-state index contributed by atoms with van der Waals surface area (Å²) in [5.74, 6) is 0.